The van der Waals surface area contributed by atoms with Crippen molar-refractivity contribution in [3.05, 3.63) is 35.0 Å². The van der Waals surface area contributed by atoms with Gasteiger partial charge in [-0.3, -0.25) is 14.0 Å². The van der Waals surface area contributed by atoms with E-state index in [9.17, 15) is 4.79 Å². The Balaban J connectivity index is 2.27. The second-order valence-corrected chi connectivity index (χ2v) is 4.21. The number of likely N-dealkylation sites (N-methyl/N-ethyl adjacent to an activating group) is 1. The van der Waals surface area contributed by atoms with E-state index in [0.717, 1.165) is 12.1 Å². The summed E-state index contributed by atoms with van der Waals surface area (Å²) >= 11 is 0. The summed E-state index contributed by atoms with van der Waals surface area (Å²) in [5, 5.41) is 7.75. The summed E-state index contributed by atoms with van der Waals surface area (Å²) in [6.45, 7) is 8.03. The van der Waals surface area contributed by atoms with Gasteiger partial charge in [0.15, 0.2) is 5.65 Å². The summed E-state index contributed by atoms with van der Waals surface area (Å²) in [6.07, 6.45) is 3.09. The van der Waals surface area contributed by atoms with Crippen LogP contribution in [-0.4, -0.2) is 32.4 Å². The third-order valence-corrected chi connectivity index (χ3v) is 2.74. The van der Waals surface area contributed by atoms with Crippen LogP contribution in [0.4, 0.5) is 0 Å². The fourth-order valence-electron chi connectivity index (χ4n) is 1.78. The first-order valence-electron chi connectivity index (χ1n) is 5.88. The van der Waals surface area contributed by atoms with E-state index < -0.39 is 0 Å². The first kappa shape index (κ1) is 12.5. The fourth-order valence-corrected chi connectivity index (χ4v) is 1.78. The number of aryl methyl sites for hydroxylation is 1. The number of aromatic nitrogens is 4. The molecule has 0 fully saturated rings. The molecule has 2 heterocycles. The van der Waals surface area contributed by atoms with Gasteiger partial charge in [-0.15, -0.1) is 0 Å². The molecule has 0 saturated heterocycles. The van der Waals surface area contributed by atoms with Gasteiger partial charge in [-0.2, -0.15) is 5.10 Å². The molecule has 0 aromatic carbocycles. The Morgan fingerprint density at radius 1 is 1.56 bits per heavy atom. The summed E-state index contributed by atoms with van der Waals surface area (Å²) in [5.41, 5.74) is 1.48. The number of fused-ring (bicyclic) bond motifs is 1. The smallest absolute Gasteiger partial charge is 0.264 e. The Labute approximate surface area is 105 Å². The van der Waals surface area contributed by atoms with E-state index in [2.05, 4.69) is 22.0 Å². The Morgan fingerprint density at radius 3 is 3.06 bits per heavy atom. The molecule has 0 saturated carbocycles. The molecule has 18 heavy (non-hydrogen) atoms. The monoisotopic (exact) mass is 247 g/mol. The van der Waals surface area contributed by atoms with E-state index in [4.69, 9.17) is 0 Å². The molecular formula is C12H17N5O. The lowest BCUT2D eigenvalue weighted by molar-refractivity contribution is 0.681. The highest BCUT2D eigenvalue weighted by Gasteiger charge is 2.08. The Kier molecular flexibility index (Phi) is 3.57. The van der Waals surface area contributed by atoms with Crippen molar-refractivity contribution in [3.8, 4) is 0 Å². The van der Waals surface area contributed by atoms with Crippen molar-refractivity contribution in [2.45, 2.75) is 13.5 Å². The van der Waals surface area contributed by atoms with Crippen molar-refractivity contribution < 1.29 is 0 Å². The Hall–Kier alpha value is -1.95. The second kappa shape index (κ2) is 5.14. The SMILES string of the molecule is C=C(CNCC)Cn1cnc2c(cnn2C)c1=O. The van der Waals surface area contributed by atoms with Gasteiger partial charge in [-0.1, -0.05) is 13.5 Å². The molecule has 1 N–H and O–H groups in total. The van der Waals surface area contributed by atoms with Crippen LogP contribution >= 0.6 is 0 Å². The molecule has 0 aliphatic carbocycles. The maximum atomic E-state index is 12.2. The zero-order valence-electron chi connectivity index (χ0n) is 10.7. The molecule has 96 valence electrons. The first-order chi connectivity index (χ1) is 8.63. The van der Waals surface area contributed by atoms with E-state index in [1.807, 2.05) is 6.92 Å². The fraction of sp³-hybridized carbons (Fsp3) is 0.417. The van der Waals surface area contributed by atoms with E-state index in [1.165, 1.54) is 0 Å². The summed E-state index contributed by atoms with van der Waals surface area (Å²) in [7, 11) is 1.77. The highest BCUT2D eigenvalue weighted by Crippen LogP contribution is 2.03. The lowest BCUT2D eigenvalue weighted by atomic mass is 10.3. The number of hydrogen-bond acceptors (Lipinski definition) is 4. The van der Waals surface area contributed by atoms with Crippen LogP contribution in [0.25, 0.3) is 11.0 Å². The zero-order chi connectivity index (χ0) is 13.1. The minimum atomic E-state index is -0.0780. The van der Waals surface area contributed by atoms with Crippen molar-refractivity contribution in [3.63, 3.8) is 0 Å². The summed E-state index contributed by atoms with van der Waals surface area (Å²) < 4.78 is 3.15. The number of hydrogen-bond donors (Lipinski definition) is 1. The number of nitrogens with one attached hydrogen (secondary N) is 1. The maximum absolute atomic E-state index is 12.2. The van der Waals surface area contributed by atoms with Crippen molar-refractivity contribution in [1.29, 1.82) is 0 Å². The Morgan fingerprint density at radius 2 is 2.33 bits per heavy atom. The third-order valence-electron chi connectivity index (χ3n) is 2.74. The summed E-state index contributed by atoms with van der Waals surface area (Å²) in [4.78, 5) is 16.4. The van der Waals surface area contributed by atoms with Gasteiger partial charge in [-0.25, -0.2) is 4.98 Å². The predicted molar refractivity (Wildman–Crippen MR) is 70.5 cm³/mol. The van der Waals surface area contributed by atoms with Gasteiger partial charge >= 0.3 is 0 Å². The molecule has 6 nitrogen and oxygen atoms in total. The zero-order valence-corrected chi connectivity index (χ0v) is 10.7. The molecule has 6 heteroatoms. The highest BCUT2D eigenvalue weighted by atomic mass is 16.1. The molecule has 0 amide bonds. The molecule has 2 aromatic heterocycles. The van der Waals surface area contributed by atoms with Crippen LogP contribution in [0.15, 0.2) is 29.5 Å². The number of nitrogens with zero attached hydrogens (tertiary/aromatic N) is 4. The van der Waals surface area contributed by atoms with Crippen LogP contribution in [0.2, 0.25) is 0 Å². The molecule has 0 atom stereocenters. The van der Waals surface area contributed by atoms with Gasteiger partial charge in [0, 0.05) is 20.1 Å². The molecule has 0 bridgehead atoms. The van der Waals surface area contributed by atoms with Crippen LogP contribution in [0.5, 0.6) is 0 Å². The first-order valence-corrected chi connectivity index (χ1v) is 5.88. The minimum absolute atomic E-state index is 0.0780. The standard InChI is InChI=1S/C12H17N5O/c1-4-13-5-9(2)7-17-8-14-11-10(12(17)18)6-15-16(11)3/h6,8,13H,2,4-5,7H2,1,3H3. The second-order valence-electron chi connectivity index (χ2n) is 4.21. The van der Waals surface area contributed by atoms with Crippen LogP contribution in [0, 0.1) is 0 Å². The van der Waals surface area contributed by atoms with Crippen LogP contribution in [-0.2, 0) is 13.6 Å². The maximum Gasteiger partial charge on any atom is 0.264 e. The van der Waals surface area contributed by atoms with Gasteiger partial charge in [0.1, 0.15) is 11.7 Å². The van der Waals surface area contributed by atoms with Crippen LogP contribution in [0.1, 0.15) is 6.92 Å². The molecule has 0 radical (unpaired) electrons. The average Bonchev–Trinajstić information content (AvgIpc) is 2.73. The van der Waals surface area contributed by atoms with Crippen molar-refractivity contribution in [1.82, 2.24) is 24.6 Å². The van der Waals surface area contributed by atoms with E-state index >= 15 is 0 Å². The van der Waals surface area contributed by atoms with Crippen LogP contribution in [0.3, 0.4) is 0 Å². The van der Waals surface area contributed by atoms with Gasteiger partial charge in [0.05, 0.1) is 6.20 Å². The normalized spacial score (nSPS) is 11.0. The topological polar surface area (TPSA) is 64.7 Å². The molecule has 0 spiro atoms. The largest absolute Gasteiger partial charge is 0.313 e. The van der Waals surface area contributed by atoms with Gasteiger partial charge in [0.25, 0.3) is 5.56 Å². The van der Waals surface area contributed by atoms with Crippen molar-refractivity contribution in [2.75, 3.05) is 13.1 Å². The summed E-state index contributed by atoms with van der Waals surface area (Å²) in [5.74, 6) is 0. The number of rotatable bonds is 5. The van der Waals surface area contributed by atoms with Crippen LogP contribution < -0.4 is 10.9 Å². The van der Waals surface area contributed by atoms with E-state index in [-0.39, 0.29) is 5.56 Å². The molecule has 0 unspecified atom stereocenters. The predicted octanol–water partition coefficient (Wildman–Crippen LogP) is 0.296. The minimum Gasteiger partial charge on any atom is -0.313 e. The molecule has 2 rings (SSSR count). The van der Waals surface area contributed by atoms with Gasteiger partial charge in [-0.05, 0) is 12.1 Å². The summed E-state index contributed by atoms with van der Waals surface area (Å²) in [6, 6.07) is 0. The highest BCUT2D eigenvalue weighted by molar-refractivity contribution is 5.72. The molecule has 2 aromatic rings. The van der Waals surface area contributed by atoms with Crippen molar-refractivity contribution >= 4 is 11.0 Å². The molecular weight excluding hydrogens is 230 g/mol. The van der Waals surface area contributed by atoms with E-state index in [1.54, 1.807) is 28.8 Å². The average molecular weight is 247 g/mol. The third kappa shape index (κ3) is 2.33. The Bertz CT molecular complexity index is 625. The molecule has 0 aliphatic heterocycles. The van der Waals surface area contributed by atoms with Crippen molar-refractivity contribution in [2.24, 2.45) is 7.05 Å². The van der Waals surface area contributed by atoms with Gasteiger partial charge < -0.3 is 5.32 Å². The van der Waals surface area contributed by atoms with E-state index in [0.29, 0.717) is 24.1 Å². The van der Waals surface area contributed by atoms with Gasteiger partial charge in [0.2, 0.25) is 0 Å². The lowest BCUT2D eigenvalue weighted by Crippen LogP contribution is -2.24. The quantitative estimate of drug-likeness (QED) is 0.772. The lowest BCUT2D eigenvalue weighted by Gasteiger charge is -2.08. The molecule has 0 aliphatic rings.